The van der Waals surface area contributed by atoms with E-state index in [1.54, 1.807) is 0 Å². The van der Waals surface area contributed by atoms with Gasteiger partial charge in [0.15, 0.2) is 5.13 Å². The summed E-state index contributed by atoms with van der Waals surface area (Å²) in [5, 5.41) is 3.42. The minimum Gasteiger partial charge on any atom is -0.302 e. The molecule has 1 amide bonds. The number of fused-ring (bicyclic) bond motifs is 1. The van der Waals surface area contributed by atoms with Crippen molar-refractivity contribution < 1.29 is 4.79 Å². The number of aryl methyl sites for hydroxylation is 1. The maximum Gasteiger partial charge on any atom is 0.328 e. The average Bonchev–Trinajstić information content (AvgIpc) is 3.09. The third-order valence-corrected chi connectivity index (χ3v) is 5.78. The number of H-pyrrole nitrogens is 1. The van der Waals surface area contributed by atoms with E-state index in [2.05, 4.69) is 32.3 Å². The zero-order valence-corrected chi connectivity index (χ0v) is 16.6. The molecule has 0 saturated heterocycles. The van der Waals surface area contributed by atoms with E-state index in [4.69, 9.17) is 0 Å². The van der Waals surface area contributed by atoms with Crippen LogP contribution in [-0.2, 0) is 30.8 Å². The molecular weight excluding hydrogens is 390 g/mol. The van der Waals surface area contributed by atoms with E-state index in [-0.39, 0.29) is 18.9 Å². The lowest BCUT2D eigenvalue weighted by Gasteiger charge is -2.25. The highest BCUT2D eigenvalue weighted by Gasteiger charge is 2.21. The molecule has 1 aliphatic heterocycles. The third kappa shape index (κ3) is 4.87. The number of amides is 1. The molecule has 3 aromatic rings. The molecular formula is C20H21N5O3S. The van der Waals surface area contributed by atoms with Gasteiger partial charge in [0, 0.05) is 56.2 Å². The van der Waals surface area contributed by atoms with Crippen LogP contribution in [0.2, 0.25) is 0 Å². The highest BCUT2D eigenvalue weighted by atomic mass is 32.1. The van der Waals surface area contributed by atoms with Gasteiger partial charge in [-0.05, 0) is 5.56 Å². The number of rotatable bonds is 6. The minimum absolute atomic E-state index is 0.121. The molecule has 0 spiro atoms. The first-order chi connectivity index (χ1) is 14.1. The largest absolute Gasteiger partial charge is 0.328 e. The van der Waals surface area contributed by atoms with Crippen molar-refractivity contribution in [2.24, 2.45) is 0 Å². The van der Waals surface area contributed by atoms with Gasteiger partial charge in [-0.15, -0.1) is 11.3 Å². The number of aromatic nitrogens is 3. The topological polar surface area (TPSA) is 100 Å². The predicted molar refractivity (Wildman–Crippen MR) is 111 cm³/mol. The van der Waals surface area contributed by atoms with Gasteiger partial charge in [-0.3, -0.25) is 19.5 Å². The fourth-order valence-corrected chi connectivity index (χ4v) is 4.37. The summed E-state index contributed by atoms with van der Waals surface area (Å²) in [5.74, 6) is -0.213. The number of nitrogens with zero attached hydrogens (tertiary/aromatic N) is 3. The van der Waals surface area contributed by atoms with E-state index >= 15 is 0 Å². The van der Waals surface area contributed by atoms with Crippen molar-refractivity contribution in [3.8, 4) is 0 Å². The molecule has 0 radical (unpaired) electrons. The van der Waals surface area contributed by atoms with Crippen molar-refractivity contribution in [1.82, 2.24) is 19.4 Å². The maximum absolute atomic E-state index is 12.2. The van der Waals surface area contributed by atoms with E-state index in [0.717, 1.165) is 31.7 Å². The van der Waals surface area contributed by atoms with E-state index in [9.17, 15) is 14.4 Å². The molecule has 0 unspecified atom stereocenters. The van der Waals surface area contributed by atoms with Crippen LogP contribution in [0.4, 0.5) is 5.13 Å². The Morgan fingerprint density at radius 2 is 2.03 bits per heavy atom. The Morgan fingerprint density at radius 1 is 1.21 bits per heavy atom. The maximum atomic E-state index is 12.2. The van der Waals surface area contributed by atoms with Gasteiger partial charge in [-0.1, -0.05) is 30.3 Å². The Bertz CT molecular complexity index is 1120. The fraction of sp³-hybridized carbons (Fsp3) is 0.300. The standard InChI is InChI=1S/C20H21N5O3S/c26-17(7-10-25-11-8-18(27)23-20(25)28)22-19-21-15-6-9-24(13-16(15)29-19)12-14-4-2-1-3-5-14/h1-5,8,11H,6-7,9-10,12-13H2,(H,21,22,26)(H,23,27,28). The number of nitrogens with one attached hydrogen (secondary N) is 2. The molecule has 1 aliphatic rings. The van der Waals surface area contributed by atoms with Gasteiger partial charge >= 0.3 is 5.69 Å². The van der Waals surface area contributed by atoms with Crippen LogP contribution in [0.25, 0.3) is 0 Å². The van der Waals surface area contributed by atoms with Crippen LogP contribution >= 0.6 is 11.3 Å². The number of hydrogen-bond acceptors (Lipinski definition) is 6. The molecule has 8 nitrogen and oxygen atoms in total. The van der Waals surface area contributed by atoms with Gasteiger partial charge < -0.3 is 9.88 Å². The van der Waals surface area contributed by atoms with Crippen molar-refractivity contribution in [1.29, 1.82) is 0 Å². The number of thiazole rings is 1. The molecule has 0 aliphatic carbocycles. The summed E-state index contributed by atoms with van der Waals surface area (Å²) in [6, 6.07) is 11.6. The third-order valence-electron chi connectivity index (χ3n) is 4.78. The second-order valence-corrected chi connectivity index (χ2v) is 8.02. The van der Waals surface area contributed by atoms with Crippen molar-refractivity contribution in [3.05, 3.63) is 79.6 Å². The zero-order chi connectivity index (χ0) is 20.2. The molecule has 150 valence electrons. The molecule has 2 aromatic heterocycles. The summed E-state index contributed by atoms with van der Waals surface area (Å²) in [5.41, 5.74) is 1.36. The van der Waals surface area contributed by atoms with Crippen LogP contribution in [0.3, 0.4) is 0 Å². The predicted octanol–water partition coefficient (Wildman–Crippen LogP) is 1.58. The number of carbonyl (C=O) groups is 1. The molecule has 0 saturated carbocycles. The number of aromatic amines is 1. The Labute approximate surface area is 170 Å². The Morgan fingerprint density at radius 3 is 2.83 bits per heavy atom. The SMILES string of the molecule is O=C(CCn1ccc(=O)[nH]c1=O)Nc1nc2c(s1)CN(Cc1ccccc1)CC2. The smallest absolute Gasteiger partial charge is 0.302 e. The Balaban J connectivity index is 1.33. The van der Waals surface area contributed by atoms with Crippen LogP contribution in [0, 0.1) is 0 Å². The van der Waals surface area contributed by atoms with Crippen molar-refractivity contribution in [2.75, 3.05) is 11.9 Å². The van der Waals surface area contributed by atoms with Crippen molar-refractivity contribution >= 4 is 22.4 Å². The van der Waals surface area contributed by atoms with Gasteiger partial charge in [0.25, 0.3) is 5.56 Å². The summed E-state index contributed by atoms with van der Waals surface area (Å²) in [6.07, 6.45) is 2.37. The van der Waals surface area contributed by atoms with Gasteiger partial charge in [-0.25, -0.2) is 9.78 Å². The van der Waals surface area contributed by atoms with Gasteiger partial charge in [-0.2, -0.15) is 0 Å². The minimum atomic E-state index is -0.520. The summed E-state index contributed by atoms with van der Waals surface area (Å²) in [4.78, 5) is 45.3. The second kappa shape index (κ2) is 8.54. The highest BCUT2D eigenvalue weighted by Crippen LogP contribution is 2.29. The first kappa shape index (κ1) is 19.3. The number of anilines is 1. The molecule has 0 fully saturated rings. The molecule has 3 heterocycles. The Kier molecular flexibility index (Phi) is 5.68. The molecule has 4 rings (SSSR count). The first-order valence-electron chi connectivity index (χ1n) is 9.41. The molecule has 9 heteroatoms. The molecule has 1 aromatic carbocycles. The van der Waals surface area contributed by atoms with Crippen LogP contribution in [0.5, 0.6) is 0 Å². The van der Waals surface area contributed by atoms with Crippen LogP contribution < -0.4 is 16.6 Å². The first-order valence-corrected chi connectivity index (χ1v) is 10.2. The number of carbonyl (C=O) groups excluding carboxylic acids is 1. The van der Waals surface area contributed by atoms with Gasteiger partial charge in [0.2, 0.25) is 5.91 Å². The van der Waals surface area contributed by atoms with E-state index < -0.39 is 11.2 Å². The second-order valence-electron chi connectivity index (χ2n) is 6.94. The molecule has 0 atom stereocenters. The molecule has 2 N–H and O–H groups in total. The lowest BCUT2D eigenvalue weighted by atomic mass is 10.1. The quantitative estimate of drug-likeness (QED) is 0.642. The monoisotopic (exact) mass is 411 g/mol. The van der Waals surface area contributed by atoms with Crippen LogP contribution in [0.15, 0.2) is 52.2 Å². The van der Waals surface area contributed by atoms with E-state index in [1.807, 2.05) is 18.2 Å². The van der Waals surface area contributed by atoms with E-state index in [0.29, 0.717) is 5.13 Å². The summed E-state index contributed by atoms with van der Waals surface area (Å²) < 4.78 is 1.30. The molecule has 29 heavy (non-hydrogen) atoms. The number of hydrogen-bond donors (Lipinski definition) is 2. The van der Waals surface area contributed by atoms with Crippen LogP contribution in [-0.4, -0.2) is 31.9 Å². The Hall–Kier alpha value is -3.04. The zero-order valence-electron chi connectivity index (χ0n) is 15.8. The molecule has 0 bridgehead atoms. The lowest BCUT2D eigenvalue weighted by Crippen LogP contribution is -2.29. The lowest BCUT2D eigenvalue weighted by molar-refractivity contribution is -0.116. The summed E-state index contributed by atoms with van der Waals surface area (Å²) >= 11 is 1.50. The average molecular weight is 411 g/mol. The van der Waals surface area contributed by atoms with Crippen molar-refractivity contribution in [2.45, 2.75) is 32.5 Å². The fourth-order valence-electron chi connectivity index (χ4n) is 3.30. The summed E-state index contributed by atoms with van der Waals surface area (Å²) in [7, 11) is 0. The van der Waals surface area contributed by atoms with Gasteiger partial charge in [0.1, 0.15) is 0 Å². The van der Waals surface area contributed by atoms with Gasteiger partial charge in [0.05, 0.1) is 5.69 Å². The number of benzene rings is 1. The van der Waals surface area contributed by atoms with Crippen molar-refractivity contribution in [3.63, 3.8) is 0 Å². The highest BCUT2D eigenvalue weighted by molar-refractivity contribution is 7.15. The van der Waals surface area contributed by atoms with Crippen LogP contribution in [0.1, 0.15) is 22.6 Å². The van der Waals surface area contributed by atoms with E-state index in [1.165, 1.54) is 38.6 Å². The summed E-state index contributed by atoms with van der Waals surface area (Å²) in [6.45, 7) is 2.85. The normalized spacial score (nSPS) is 13.8.